The monoisotopic (exact) mass is 459 g/mol. The van der Waals surface area contributed by atoms with Gasteiger partial charge in [-0.15, -0.1) is 0 Å². The van der Waals surface area contributed by atoms with Crippen molar-refractivity contribution in [3.05, 3.63) is 35.7 Å². The van der Waals surface area contributed by atoms with Gasteiger partial charge in [0.1, 0.15) is 0 Å². The van der Waals surface area contributed by atoms with E-state index in [-0.39, 0.29) is 30.0 Å². The summed E-state index contributed by atoms with van der Waals surface area (Å²) in [6, 6.07) is -0.0364. The van der Waals surface area contributed by atoms with Gasteiger partial charge in [0, 0.05) is 49.6 Å². The molecule has 1 N–H and O–H groups in total. The van der Waals surface area contributed by atoms with Gasteiger partial charge in [0.25, 0.3) is 0 Å². The molecule has 0 bridgehead atoms. The second-order valence-corrected chi connectivity index (χ2v) is 10.8. The van der Waals surface area contributed by atoms with Crippen LogP contribution in [0, 0.1) is 11.3 Å². The third-order valence-electron chi connectivity index (χ3n) is 6.44. The van der Waals surface area contributed by atoms with Crippen molar-refractivity contribution < 1.29 is 14.3 Å². The fourth-order valence-electron chi connectivity index (χ4n) is 3.77. The van der Waals surface area contributed by atoms with Crippen molar-refractivity contribution in [1.82, 2.24) is 14.8 Å². The predicted molar refractivity (Wildman–Crippen MR) is 138 cm³/mol. The molecule has 0 aliphatic heterocycles. The van der Waals surface area contributed by atoms with Gasteiger partial charge in [0.15, 0.2) is 0 Å². The van der Waals surface area contributed by atoms with Gasteiger partial charge in [0.2, 0.25) is 5.91 Å². The van der Waals surface area contributed by atoms with Crippen LogP contribution in [-0.4, -0.2) is 47.2 Å². The number of aryl methyl sites for hydroxylation is 1. The number of carbonyl (C=O) groups is 2. The molecule has 6 nitrogen and oxygen atoms in total. The summed E-state index contributed by atoms with van der Waals surface area (Å²) in [5.74, 6) is -0.585. The molecular weight excluding hydrogens is 414 g/mol. The fraction of sp³-hybridized carbons (Fsp3) is 0.630. The summed E-state index contributed by atoms with van der Waals surface area (Å²) < 4.78 is 7.41. The number of ether oxygens (including phenoxy) is 1. The van der Waals surface area contributed by atoms with Crippen LogP contribution >= 0.6 is 0 Å². The standard InChI is InChI=1S/C27H45N3O3/c1-13-15-20-21(16-29(11)23(20)14-2)27(9,10)22(17-30(12)25(32)33-18(3)4)24(31)28-19(5)26(6,7)8/h13-16,18-19,22H,2,17H2,1,3-12H3,(H,28,31)/b15-13-. The molecule has 1 aromatic rings. The maximum absolute atomic E-state index is 13.7. The minimum Gasteiger partial charge on any atom is -0.447 e. The molecular formula is C27H45N3O3. The topological polar surface area (TPSA) is 63.6 Å². The van der Waals surface area contributed by atoms with Crippen molar-refractivity contribution in [2.45, 2.75) is 79.9 Å². The molecule has 1 rings (SSSR count). The molecule has 2 amide bonds. The smallest absolute Gasteiger partial charge is 0.409 e. The SMILES string of the molecule is C=Cc1c(/C=C\C)c(C(C)(C)C(CN(C)C(=O)OC(C)C)C(=O)NC(C)C(C)(C)C)cn1C. The highest BCUT2D eigenvalue weighted by Crippen LogP contribution is 2.38. The van der Waals surface area contributed by atoms with Crippen LogP contribution in [0.4, 0.5) is 4.79 Å². The van der Waals surface area contributed by atoms with E-state index in [9.17, 15) is 9.59 Å². The van der Waals surface area contributed by atoms with Crippen molar-refractivity contribution in [3.63, 3.8) is 0 Å². The molecule has 0 radical (unpaired) electrons. The molecule has 1 heterocycles. The Balaban J connectivity index is 3.52. The van der Waals surface area contributed by atoms with Crippen molar-refractivity contribution in [3.8, 4) is 0 Å². The fourth-order valence-corrected chi connectivity index (χ4v) is 3.77. The van der Waals surface area contributed by atoms with E-state index in [4.69, 9.17) is 4.74 Å². The molecule has 1 aromatic heterocycles. The summed E-state index contributed by atoms with van der Waals surface area (Å²) in [5.41, 5.74) is 2.39. The number of nitrogens with one attached hydrogen (secondary N) is 1. The number of hydrogen-bond acceptors (Lipinski definition) is 3. The Bertz CT molecular complexity index is 872. The first-order valence-electron chi connectivity index (χ1n) is 11.7. The number of rotatable bonds is 9. The molecule has 2 atom stereocenters. The van der Waals surface area contributed by atoms with Crippen LogP contribution in [0.25, 0.3) is 12.2 Å². The molecule has 0 aliphatic carbocycles. The third-order valence-corrected chi connectivity index (χ3v) is 6.44. The highest BCUT2D eigenvalue weighted by Gasteiger charge is 2.41. The van der Waals surface area contributed by atoms with E-state index in [0.717, 1.165) is 16.8 Å². The van der Waals surface area contributed by atoms with Crippen LogP contribution in [-0.2, 0) is 22.0 Å². The lowest BCUT2D eigenvalue weighted by Crippen LogP contribution is -2.52. The first-order valence-corrected chi connectivity index (χ1v) is 11.7. The van der Waals surface area contributed by atoms with E-state index in [2.05, 4.69) is 58.8 Å². The summed E-state index contributed by atoms with van der Waals surface area (Å²) >= 11 is 0. The number of aromatic nitrogens is 1. The third kappa shape index (κ3) is 6.99. The van der Waals surface area contributed by atoms with Gasteiger partial charge in [-0.2, -0.15) is 0 Å². The van der Waals surface area contributed by atoms with Crippen molar-refractivity contribution in [1.29, 1.82) is 0 Å². The molecule has 0 spiro atoms. The number of nitrogens with zero attached hydrogens (tertiary/aromatic N) is 2. The molecule has 0 saturated heterocycles. The minimum absolute atomic E-state index is 0.0364. The Morgan fingerprint density at radius 1 is 1.21 bits per heavy atom. The first kappa shape index (κ1) is 28.5. The van der Waals surface area contributed by atoms with Gasteiger partial charge in [-0.1, -0.05) is 53.3 Å². The summed E-state index contributed by atoms with van der Waals surface area (Å²) in [5, 5.41) is 3.21. The Labute approximate surface area is 201 Å². The molecule has 0 aliphatic rings. The van der Waals surface area contributed by atoms with Crippen LogP contribution in [0.2, 0.25) is 0 Å². The molecule has 186 valence electrons. The number of hydrogen-bond donors (Lipinski definition) is 1. The molecule has 0 saturated carbocycles. The van der Waals surface area contributed by atoms with Crippen LogP contribution in [0.5, 0.6) is 0 Å². The maximum Gasteiger partial charge on any atom is 0.409 e. The maximum atomic E-state index is 13.7. The van der Waals surface area contributed by atoms with E-state index in [1.54, 1.807) is 7.05 Å². The summed E-state index contributed by atoms with van der Waals surface area (Å²) in [6.07, 6.45) is 7.27. The number of amides is 2. The van der Waals surface area contributed by atoms with E-state index in [0.29, 0.717) is 0 Å². The molecule has 2 unspecified atom stereocenters. The summed E-state index contributed by atoms with van der Waals surface area (Å²) in [7, 11) is 3.66. The lowest BCUT2D eigenvalue weighted by Gasteiger charge is -2.38. The van der Waals surface area contributed by atoms with E-state index in [1.807, 2.05) is 51.5 Å². The summed E-state index contributed by atoms with van der Waals surface area (Å²) in [4.78, 5) is 27.8. The normalized spacial score (nSPS) is 14.3. The van der Waals surface area contributed by atoms with Gasteiger partial charge in [-0.05, 0) is 44.7 Å². The van der Waals surface area contributed by atoms with Gasteiger partial charge in [0.05, 0.1) is 12.0 Å². The number of allylic oxidation sites excluding steroid dienone is 1. The molecule has 0 fully saturated rings. The van der Waals surface area contributed by atoms with Gasteiger partial charge in [-0.3, -0.25) is 4.79 Å². The summed E-state index contributed by atoms with van der Waals surface area (Å²) in [6.45, 7) is 22.3. The Kier molecular flexibility index (Phi) is 9.58. The average Bonchev–Trinajstić information content (AvgIpc) is 3.00. The van der Waals surface area contributed by atoms with Gasteiger partial charge >= 0.3 is 6.09 Å². The number of carbonyl (C=O) groups excluding carboxylic acids is 2. The zero-order valence-corrected chi connectivity index (χ0v) is 22.6. The quantitative estimate of drug-likeness (QED) is 0.521. The van der Waals surface area contributed by atoms with Crippen molar-refractivity contribution >= 4 is 24.2 Å². The minimum atomic E-state index is -0.581. The highest BCUT2D eigenvalue weighted by atomic mass is 16.6. The van der Waals surface area contributed by atoms with Crippen LogP contribution < -0.4 is 5.32 Å². The van der Waals surface area contributed by atoms with Crippen molar-refractivity contribution in [2.24, 2.45) is 18.4 Å². The lowest BCUT2D eigenvalue weighted by atomic mass is 9.71. The van der Waals surface area contributed by atoms with E-state index < -0.39 is 17.4 Å². The lowest BCUT2D eigenvalue weighted by molar-refractivity contribution is -0.128. The molecule has 33 heavy (non-hydrogen) atoms. The largest absolute Gasteiger partial charge is 0.447 e. The van der Waals surface area contributed by atoms with E-state index in [1.165, 1.54) is 4.90 Å². The van der Waals surface area contributed by atoms with Crippen LogP contribution in [0.15, 0.2) is 18.9 Å². The van der Waals surface area contributed by atoms with Crippen molar-refractivity contribution in [2.75, 3.05) is 13.6 Å². The highest BCUT2D eigenvalue weighted by molar-refractivity contribution is 5.82. The Hall–Kier alpha value is -2.50. The van der Waals surface area contributed by atoms with E-state index >= 15 is 0 Å². The van der Waals surface area contributed by atoms with Gasteiger partial charge < -0.3 is 19.5 Å². The molecule has 6 heteroatoms. The predicted octanol–water partition coefficient (Wildman–Crippen LogP) is 5.62. The first-order chi connectivity index (χ1) is 15.1. The molecule has 0 aromatic carbocycles. The van der Waals surface area contributed by atoms with Crippen LogP contribution in [0.3, 0.4) is 0 Å². The zero-order chi connectivity index (χ0) is 25.7. The second-order valence-electron chi connectivity index (χ2n) is 10.8. The average molecular weight is 460 g/mol. The van der Waals surface area contributed by atoms with Crippen LogP contribution in [0.1, 0.15) is 79.1 Å². The zero-order valence-electron chi connectivity index (χ0n) is 22.6. The second kappa shape index (κ2) is 11.1. The Morgan fingerprint density at radius 3 is 2.24 bits per heavy atom. The van der Waals surface area contributed by atoms with Gasteiger partial charge in [-0.25, -0.2) is 4.79 Å². The Morgan fingerprint density at radius 2 is 1.79 bits per heavy atom.